The maximum Gasteiger partial charge on any atom is 0.259 e. The summed E-state index contributed by atoms with van der Waals surface area (Å²) >= 11 is 0. The lowest BCUT2D eigenvalue weighted by atomic mass is 9.80. The molecule has 1 unspecified atom stereocenters. The molecule has 1 aromatic heterocycles. The van der Waals surface area contributed by atoms with Crippen LogP contribution in [0, 0.1) is 5.41 Å². The first-order chi connectivity index (χ1) is 13.0. The van der Waals surface area contributed by atoms with E-state index in [0.29, 0.717) is 30.9 Å². The molecular formula is C21H25N3O3. The third-order valence-electron chi connectivity index (χ3n) is 4.83. The van der Waals surface area contributed by atoms with Gasteiger partial charge >= 0.3 is 0 Å². The summed E-state index contributed by atoms with van der Waals surface area (Å²) in [5.74, 6) is 0.730. The van der Waals surface area contributed by atoms with Gasteiger partial charge in [0.15, 0.2) is 0 Å². The Morgan fingerprint density at radius 3 is 2.74 bits per heavy atom. The number of ether oxygens (including phenoxy) is 1. The van der Waals surface area contributed by atoms with E-state index in [0.717, 1.165) is 12.8 Å². The number of hydrogen-bond acceptors (Lipinski definition) is 4. The van der Waals surface area contributed by atoms with Crippen LogP contribution in [-0.4, -0.2) is 41.3 Å². The number of piperidine rings is 1. The van der Waals surface area contributed by atoms with Gasteiger partial charge in [0.1, 0.15) is 11.3 Å². The first-order valence-electron chi connectivity index (χ1n) is 9.29. The highest BCUT2D eigenvalue weighted by Crippen LogP contribution is 2.32. The van der Waals surface area contributed by atoms with Crippen LogP contribution >= 0.6 is 0 Å². The van der Waals surface area contributed by atoms with E-state index in [2.05, 4.69) is 10.3 Å². The van der Waals surface area contributed by atoms with Crippen LogP contribution in [0.4, 0.5) is 0 Å². The Bertz CT molecular complexity index is 809. The maximum atomic E-state index is 13.2. The third-order valence-corrected chi connectivity index (χ3v) is 4.83. The van der Waals surface area contributed by atoms with Crippen molar-refractivity contribution >= 4 is 11.8 Å². The quantitative estimate of drug-likeness (QED) is 0.881. The molecular weight excluding hydrogens is 342 g/mol. The second-order valence-electron chi connectivity index (χ2n) is 7.02. The van der Waals surface area contributed by atoms with Crippen molar-refractivity contribution in [1.82, 2.24) is 15.2 Å². The molecule has 2 heterocycles. The summed E-state index contributed by atoms with van der Waals surface area (Å²) in [6.07, 6.45) is 3.15. The molecule has 0 bridgehead atoms. The fourth-order valence-corrected chi connectivity index (χ4v) is 3.38. The summed E-state index contributed by atoms with van der Waals surface area (Å²) in [6.45, 7) is 5.41. The summed E-state index contributed by atoms with van der Waals surface area (Å²) in [7, 11) is 0. The zero-order chi connectivity index (χ0) is 19.3. The van der Waals surface area contributed by atoms with Crippen molar-refractivity contribution < 1.29 is 14.3 Å². The van der Waals surface area contributed by atoms with Crippen LogP contribution in [0.3, 0.4) is 0 Å². The molecule has 3 rings (SSSR count). The summed E-state index contributed by atoms with van der Waals surface area (Å²) < 4.78 is 5.82. The van der Waals surface area contributed by atoms with Gasteiger partial charge in [-0.3, -0.25) is 9.59 Å². The maximum absolute atomic E-state index is 13.2. The highest BCUT2D eigenvalue weighted by molar-refractivity contribution is 5.97. The van der Waals surface area contributed by atoms with Gasteiger partial charge in [0, 0.05) is 25.8 Å². The van der Waals surface area contributed by atoms with E-state index < -0.39 is 5.41 Å². The number of carbonyl (C=O) groups excluding carboxylic acids is 2. The van der Waals surface area contributed by atoms with Gasteiger partial charge in [-0.2, -0.15) is 0 Å². The molecule has 0 saturated carbocycles. The number of nitrogens with one attached hydrogen (secondary N) is 1. The minimum atomic E-state index is -0.577. The SMILES string of the molecule is CCNC(=O)C1(C)CCCN(C(=O)c2cccnc2Oc2ccccc2)C1. The average molecular weight is 367 g/mol. The average Bonchev–Trinajstić information content (AvgIpc) is 2.69. The number of amides is 2. The third kappa shape index (κ3) is 4.27. The molecule has 1 N–H and O–H groups in total. The van der Waals surface area contributed by atoms with Gasteiger partial charge in [0.2, 0.25) is 11.8 Å². The van der Waals surface area contributed by atoms with E-state index >= 15 is 0 Å². The predicted molar refractivity (Wildman–Crippen MR) is 103 cm³/mol. The number of hydrogen-bond donors (Lipinski definition) is 1. The minimum Gasteiger partial charge on any atom is -0.438 e. The second-order valence-corrected chi connectivity index (χ2v) is 7.02. The lowest BCUT2D eigenvalue weighted by Gasteiger charge is -2.39. The zero-order valence-electron chi connectivity index (χ0n) is 15.8. The Kier molecular flexibility index (Phi) is 5.74. The van der Waals surface area contributed by atoms with Crippen LogP contribution < -0.4 is 10.1 Å². The Balaban J connectivity index is 1.80. The molecule has 6 heteroatoms. The highest BCUT2D eigenvalue weighted by Gasteiger charge is 2.39. The molecule has 1 aliphatic heterocycles. The van der Waals surface area contributed by atoms with Gasteiger partial charge < -0.3 is 15.0 Å². The number of rotatable bonds is 5. The molecule has 27 heavy (non-hydrogen) atoms. The minimum absolute atomic E-state index is 0.00514. The Morgan fingerprint density at radius 2 is 2.00 bits per heavy atom. The van der Waals surface area contributed by atoms with Crippen molar-refractivity contribution in [2.45, 2.75) is 26.7 Å². The van der Waals surface area contributed by atoms with Crippen molar-refractivity contribution in [2.75, 3.05) is 19.6 Å². The molecule has 0 aliphatic carbocycles. The van der Waals surface area contributed by atoms with E-state index in [4.69, 9.17) is 4.74 Å². The fourth-order valence-electron chi connectivity index (χ4n) is 3.38. The van der Waals surface area contributed by atoms with Crippen LogP contribution in [0.15, 0.2) is 48.7 Å². The lowest BCUT2D eigenvalue weighted by molar-refractivity contribution is -0.132. The lowest BCUT2D eigenvalue weighted by Crippen LogP contribution is -2.52. The van der Waals surface area contributed by atoms with E-state index in [9.17, 15) is 9.59 Å². The first kappa shape index (κ1) is 18.9. The summed E-state index contributed by atoms with van der Waals surface area (Å²) in [5, 5.41) is 2.89. The fraction of sp³-hybridized carbons (Fsp3) is 0.381. The van der Waals surface area contributed by atoms with Crippen molar-refractivity contribution in [3.8, 4) is 11.6 Å². The summed E-state index contributed by atoms with van der Waals surface area (Å²) in [5.41, 5.74) is -0.173. The van der Waals surface area contributed by atoms with Crippen molar-refractivity contribution in [3.05, 3.63) is 54.2 Å². The molecule has 1 aromatic carbocycles. The van der Waals surface area contributed by atoms with E-state index in [-0.39, 0.29) is 17.7 Å². The Hall–Kier alpha value is -2.89. The smallest absolute Gasteiger partial charge is 0.259 e. The number of carbonyl (C=O) groups is 2. The van der Waals surface area contributed by atoms with Crippen LogP contribution in [0.25, 0.3) is 0 Å². The number of pyridine rings is 1. The van der Waals surface area contributed by atoms with Gasteiger partial charge in [-0.05, 0) is 51.0 Å². The molecule has 6 nitrogen and oxygen atoms in total. The van der Waals surface area contributed by atoms with Crippen molar-refractivity contribution in [3.63, 3.8) is 0 Å². The number of aromatic nitrogens is 1. The van der Waals surface area contributed by atoms with Crippen molar-refractivity contribution in [2.24, 2.45) is 5.41 Å². The number of likely N-dealkylation sites (tertiary alicyclic amines) is 1. The standard InChI is InChI=1S/C21H25N3O3/c1-3-22-20(26)21(2)12-8-14-24(15-21)19(25)17-11-7-13-23-18(17)27-16-9-5-4-6-10-16/h4-7,9-11,13H,3,8,12,14-15H2,1-2H3,(H,22,26). The van der Waals surface area contributed by atoms with Crippen LogP contribution in [0.1, 0.15) is 37.0 Å². The Labute approximate surface area is 159 Å². The van der Waals surface area contributed by atoms with E-state index in [1.54, 1.807) is 23.2 Å². The van der Waals surface area contributed by atoms with Gasteiger partial charge in [-0.1, -0.05) is 18.2 Å². The molecule has 2 aromatic rings. The van der Waals surface area contributed by atoms with Crippen molar-refractivity contribution in [1.29, 1.82) is 0 Å². The predicted octanol–water partition coefficient (Wildman–Crippen LogP) is 3.25. The highest BCUT2D eigenvalue weighted by atomic mass is 16.5. The molecule has 142 valence electrons. The summed E-state index contributed by atoms with van der Waals surface area (Å²) in [6, 6.07) is 12.7. The molecule has 2 amide bonds. The van der Waals surface area contributed by atoms with E-state index in [1.165, 1.54) is 0 Å². The first-order valence-corrected chi connectivity index (χ1v) is 9.29. The molecule has 0 radical (unpaired) electrons. The van der Waals surface area contributed by atoms with Crippen LogP contribution in [0.2, 0.25) is 0 Å². The number of nitrogens with zero attached hydrogens (tertiary/aromatic N) is 2. The molecule has 1 atom stereocenters. The topological polar surface area (TPSA) is 71.5 Å². The van der Waals surface area contributed by atoms with Crippen LogP contribution in [0.5, 0.6) is 11.6 Å². The van der Waals surface area contributed by atoms with Gasteiger partial charge in [-0.25, -0.2) is 4.98 Å². The molecule has 1 saturated heterocycles. The number of para-hydroxylation sites is 1. The number of benzene rings is 1. The zero-order valence-corrected chi connectivity index (χ0v) is 15.8. The molecule has 0 spiro atoms. The largest absolute Gasteiger partial charge is 0.438 e. The van der Waals surface area contributed by atoms with Gasteiger partial charge in [-0.15, -0.1) is 0 Å². The molecule has 1 aliphatic rings. The van der Waals surface area contributed by atoms with E-state index in [1.807, 2.05) is 44.2 Å². The Morgan fingerprint density at radius 1 is 1.22 bits per heavy atom. The monoisotopic (exact) mass is 367 g/mol. The van der Waals surface area contributed by atoms with Gasteiger partial charge in [0.25, 0.3) is 5.91 Å². The second kappa shape index (κ2) is 8.20. The van der Waals surface area contributed by atoms with Gasteiger partial charge in [0.05, 0.1) is 5.41 Å². The normalized spacial score (nSPS) is 19.4. The van der Waals surface area contributed by atoms with Crippen LogP contribution in [-0.2, 0) is 4.79 Å². The molecule has 1 fully saturated rings. The summed E-state index contributed by atoms with van der Waals surface area (Å²) in [4.78, 5) is 31.6.